The molecule has 1 aliphatic heterocycles. The van der Waals surface area contributed by atoms with Gasteiger partial charge in [0, 0.05) is 53.4 Å². The van der Waals surface area contributed by atoms with E-state index in [1.807, 2.05) is 36.1 Å². The summed E-state index contributed by atoms with van der Waals surface area (Å²) < 4.78 is 11.6. The van der Waals surface area contributed by atoms with Gasteiger partial charge in [-0.1, -0.05) is 67.4 Å². The quantitative estimate of drug-likeness (QED) is 0.228. The number of likely N-dealkylation sites (tertiary alicyclic amines) is 1. The number of piperidine rings is 1. The van der Waals surface area contributed by atoms with Gasteiger partial charge in [-0.15, -0.1) is 0 Å². The summed E-state index contributed by atoms with van der Waals surface area (Å²) >= 11 is 0. The molecular weight excluding hydrogens is 526 g/mol. The zero-order valence-electron chi connectivity index (χ0n) is 23.9. The number of rotatable bonds is 5. The highest BCUT2D eigenvalue weighted by Gasteiger charge is 2.43. The minimum atomic E-state index is -0.619. The molecule has 1 amide bonds. The number of hydrogen-bond donors (Lipinski definition) is 1. The molecule has 0 unspecified atom stereocenters. The van der Waals surface area contributed by atoms with Crippen molar-refractivity contribution in [1.82, 2.24) is 4.90 Å². The van der Waals surface area contributed by atoms with E-state index < -0.39 is 11.2 Å². The molecule has 3 heterocycles. The van der Waals surface area contributed by atoms with Gasteiger partial charge in [-0.05, 0) is 60.9 Å². The van der Waals surface area contributed by atoms with Crippen molar-refractivity contribution in [3.05, 3.63) is 94.5 Å². The molecule has 0 bridgehead atoms. The van der Waals surface area contributed by atoms with Gasteiger partial charge in [0.25, 0.3) is 0 Å². The fourth-order valence-electron chi connectivity index (χ4n) is 7.08. The normalized spacial score (nSPS) is 20.6. The SMILES string of the molecule is Cc1c(CCC(=O)N2CC[C@@]3(O)CCCC[C@H]3C2)c(=O)oc2cc3occ(-c4ccc(-c5ccccc5)cc4)c3cc12. The molecule has 3 aromatic carbocycles. The molecule has 2 aliphatic rings. The van der Waals surface area contributed by atoms with Crippen LogP contribution in [0, 0.1) is 12.8 Å². The summed E-state index contributed by atoms with van der Waals surface area (Å²) in [6.45, 7) is 3.11. The molecule has 2 atom stereocenters. The maximum Gasteiger partial charge on any atom is 0.339 e. The van der Waals surface area contributed by atoms with Crippen LogP contribution in [0.15, 0.2) is 86.6 Å². The predicted molar refractivity (Wildman–Crippen MR) is 164 cm³/mol. The molecule has 5 aromatic rings. The van der Waals surface area contributed by atoms with Gasteiger partial charge in [0.1, 0.15) is 11.2 Å². The highest BCUT2D eigenvalue weighted by Crippen LogP contribution is 2.40. The zero-order chi connectivity index (χ0) is 28.8. The Balaban J connectivity index is 1.14. The van der Waals surface area contributed by atoms with Crippen molar-refractivity contribution in [2.24, 2.45) is 5.92 Å². The van der Waals surface area contributed by atoms with E-state index in [0.717, 1.165) is 58.7 Å². The number of benzene rings is 3. The van der Waals surface area contributed by atoms with Crippen molar-refractivity contribution in [2.45, 2.75) is 57.5 Å². The van der Waals surface area contributed by atoms with E-state index in [2.05, 4.69) is 36.4 Å². The van der Waals surface area contributed by atoms with Crippen LogP contribution in [0.2, 0.25) is 0 Å². The Labute approximate surface area is 244 Å². The van der Waals surface area contributed by atoms with Crippen LogP contribution in [-0.4, -0.2) is 34.6 Å². The van der Waals surface area contributed by atoms with Gasteiger partial charge in [-0.25, -0.2) is 4.79 Å². The number of nitrogens with zero attached hydrogens (tertiary/aromatic N) is 1. The minimum absolute atomic E-state index is 0.0352. The van der Waals surface area contributed by atoms with Crippen LogP contribution in [0.1, 0.15) is 49.7 Å². The van der Waals surface area contributed by atoms with Crippen molar-refractivity contribution in [3.8, 4) is 22.3 Å². The Morgan fingerprint density at radius 2 is 1.71 bits per heavy atom. The lowest BCUT2D eigenvalue weighted by atomic mass is 9.71. The average Bonchev–Trinajstić information content (AvgIpc) is 3.43. The monoisotopic (exact) mass is 561 g/mol. The molecule has 0 spiro atoms. The Bertz CT molecular complexity index is 1830. The van der Waals surface area contributed by atoms with E-state index in [1.165, 1.54) is 5.56 Å². The molecule has 6 nitrogen and oxygen atoms in total. The summed E-state index contributed by atoms with van der Waals surface area (Å²) in [5.41, 5.74) is 5.81. The predicted octanol–water partition coefficient (Wildman–Crippen LogP) is 7.27. The lowest BCUT2D eigenvalue weighted by Gasteiger charge is -2.47. The van der Waals surface area contributed by atoms with Crippen LogP contribution in [0.3, 0.4) is 0 Å². The Morgan fingerprint density at radius 1 is 0.952 bits per heavy atom. The fraction of sp³-hybridized carbons (Fsp3) is 0.333. The maximum absolute atomic E-state index is 13.2. The van der Waals surface area contributed by atoms with Crippen LogP contribution in [0.4, 0.5) is 0 Å². The number of hydrogen-bond acceptors (Lipinski definition) is 5. The lowest BCUT2D eigenvalue weighted by molar-refractivity contribution is -0.143. The Morgan fingerprint density at radius 3 is 2.52 bits per heavy atom. The summed E-state index contributed by atoms with van der Waals surface area (Å²) in [6, 6.07) is 22.5. The maximum atomic E-state index is 13.2. The molecule has 1 aliphatic carbocycles. The van der Waals surface area contributed by atoms with E-state index >= 15 is 0 Å². The third-order valence-corrected chi connectivity index (χ3v) is 9.65. The number of fused-ring (bicyclic) bond motifs is 3. The molecule has 7 rings (SSSR count). The molecule has 6 heteroatoms. The Hall–Kier alpha value is -4.16. The number of carbonyl (C=O) groups is 1. The van der Waals surface area contributed by atoms with Gasteiger partial charge >= 0.3 is 5.63 Å². The molecule has 0 radical (unpaired) electrons. The third kappa shape index (κ3) is 4.74. The van der Waals surface area contributed by atoms with Crippen LogP contribution < -0.4 is 5.63 Å². The summed E-state index contributed by atoms with van der Waals surface area (Å²) in [4.78, 5) is 28.1. The highest BCUT2D eigenvalue weighted by atomic mass is 16.4. The summed E-state index contributed by atoms with van der Waals surface area (Å²) in [5, 5.41) is 12.8. The minimum Gasteiger partial charge on any atom is -0.464 e. The van der Waals surface area contributed by atoms with Crippen LogP contribution >= 0.6 is 0 Å². The molecule has 1 saturated carbocycles. The number of amides is 1. The second-order valence-corrected chi connectivity index (χ2v) is 12.1. The summed E-state index contributed by atoms with van der Waals surface area (Å²) in [5.74, 6) is 0.186. The molecule has 1 N–H and O–H groups in total. The standard InChI is InChI=1S/C36H35NO5/c1-23-28(14-15-34(38)37-18-17-36(40)16-6-5-9-27(36)21-37)35(39)42-33-20-32-30(19-29(23)33)31(22-41-32)26-12-10-25(11-13-26)24-7-3-2-4-8-24/h2-4,7-8,10-13,19-20,22,27,40H,5-6,9,14-18,21H2,1H3/t27-,36-/m0/s1. The first kappa shape index (κ1) is 26.7. The van der Waals surface area contributed by atoms with Gasteiger partial charge < -0.3 is 18.8 Å². The van der Waals surface area contributed by atoms with Gasteiger partial charge in [-0.2, -0.15) is 0 Å². The van der Waals surface area contributed by atoms with Crippen molar-refractivity contribution < 1.29 is 18.7 Å². The van der Waals surface area contributed by atoms with E-state index in [-0.39, 0.29) is 18.2 Å². The third-order valence-electron chi connectivity index (χ3n) is 9.65. The van der Waals surface area contributed by atoms with Crippen molar-refractivity contribution in [1.29, 1.82) is 0 Å². The smallest absolute Gasteiger partial charge is 0.339 e. The zero-order valence-corrected chi connectivity index (χ0v) is 23.9. The van der Waals surface area contributed by atoms with Crippen molar-refractivity contribution >= 4 is 27.8 Å². The molecule has 214 valence electrons. The fourth-order valence-corrected chi connectivity index (χ4v) is 7.08. The summed E-state index contributed by atoms with van der Waals surface area (Å²) in [6.07, 6.45) is 6.93. The molecule has 2 aromatic heterocycles. The largest absolute Gasteiger partial charge is 0.464 e. The van der Waals surface area contributed by atoms with Gasteiger partial charge in [0.15, 0.2) is 0 Å². The molecular formula is C36H35NO5. The van der Waals surface area contributed by atoms with E-state index in [9.17, 15) is 14.7 Å². The second-order valence-electron chi connectivity index (χ2n) is 12.1. The van der Waals surface area contributed by atoms with Crippen LogP contribution in [0.25, 0.3) is 44.2 Å². The second kappa shape index (κ2) is 10.6. The van der Waals surface area contributed by atoms with Gasteiger partial charge in [0.2, 0.25) is 5.91 Å². The van der Waals surface area contributed by atoms with Gasteiger partial charge in [-0.3, -0.25) is 4.79 Å². The average molecular weight is 562 g/mol. The first-order valence-electron chi connectivity index (χ1n) is 15.0. The van der Waals surface area contributed by atoms with Crippen molar-refractivity contribution in [2.75, 3.05) is 13.1 Å². The molecule has 1 saturated heterocycles. The molecule has 2 fully saturated rings. The number of aliphatic hydroxyl groups is 1. The first-order valence-corrected chi connectivity index (χ1v) is 15.0. The first-order chi connectivity index (χ1) is 20.4. The van der Waals surface area contributed by atoms with E-state index in [0.29, 0.717) is 42.7 Å². The number of aryl methyl sites for hydroxylation is 1. The highest BCUT2D eigenvalue weighted by molar-refractivity contribution is 6.02. The van der Waals surface area contributed by atoms with Gasteiger partial charge in [0.05, 0.1) is 11.9 Å². The van der Waals surface area contributed by atoms with Crippen molar-refractivity contribution in [3.63, 3.8) is 0 Å². The number of carbonyl (C=O) groups excluding carboxylic acids is 1. The number of furan rings is 1. The van der Waals surface area contributed by atoms with E-state index in [4.69, 9.17) is 8.83 Å². The van der Waals surface area contributed by atoms with E-state index in [1.54, 1.807) is 12.3 Å². The lowest BCUT2D eigenvalue weighted by Crippen LogP contribution is -2.54. The Kier molecular flexibility index (Phi) is 6.74. The molecule has 42 heavy (non-hydrogen) atoms. The van der Waals surface area contributed by atoms with Crippen LogP contribution in [0.5, 0.6) is 0 Å². The summed E-state index contributed by atoms with van der Waals surface area (Å²) in [7, 11) is 0. The topological polar surface area (TPSA) is 83.9 Å². The van der Waals surface area contributed by atoms with Crippen LogP contribution in [-0.2, 0) is 11.2 Å².